The van der Waals surface area contributed by atoms with Crippen LogP contribution >= 0.6 is 12.4 Å². The molecule has 0 unspecified atom stereocenters. The molecule has 1 saturated carbocycles. The molecule has 0 aromatic rings. The van der Waals surface area contributed by atoms with Crippen molar-refractivity contribution in [3.63, 3.8) is 0 Å². The summed E-state index contributed by atoms with van der Waals surface area (Å²) in [6.45, 7) is 7.55. The summed E-state index contributed by atoms with van der Waals surface area (Å²) < 4.78 is 5.19. The zero-order chi connectivity index (χ0) is 12.5. The zero-order valence-corrected chi connectivity index (χ0v) is 12.4. The number of nitrogens with one attached hydrogen (secondary N) is 1. The van der Waals surface area contributed by atoms with Gasteiger partial charge < -0.3 is 15.0 Å². The molecular formula is C13H27ClN2O2. The largest absolute Gasteiger partial charge is 0.448 e. The first kappa shape index (κ1) is 17.5. The average Bonchev–Trinajstić information content (AvgIpc) is 2.36. The molecule has 18 heavy (non-hydrogen) atoms. The van der Waals surface area contributed by atoms with E-state index in [0.29, 0.717) is 12.6 Å². The predicted molar refractivity (Wildman–Crippen MR) is 76.4 cm³/mol. The van der Waals surface area contributed by atoms with Crippen LogP contribution in [-0.4, -0.2) is 43.3 Å². The Morgan fingerprint density at radius 3 is 2.39 bits per heavy atom. The lowest BCUT2D eigenvalue weighted by Crippen LogP contribution is -2.38. The van der Waals surface area contributed by atoms with Gasteiger partial charge in [-0.3, -0.25) is 0 Å². The number of alkyl carbamates (subject to hydrolysis) is 1. The molecule has 4 nitrogen and oxygen atoms in total. The first-order valence-electron chi connectivity index (χ1n) is 6.91. The van der Waals surface area contributed by atoms with E-state index in [9.17, 15) is 4.79 Å². The first-order valence-corrected chi connectivity index (χ1v) is 6.91. The van der Waals surface area contributed by atoms with Crippen LogP contribution in [0.25, 0.3) is 0 Å². The molecule has 1 aliphatic rings. The van der Waals surface area contributed by atoms with E-state index in [4.69, 9.17) is 4.74 Å². The highest BCUT2D eigenvalue weighted by atomic mass is 35.5. The van der Waals surface area contributed by atoms with Gasteiger partial charge in [-0.05, 0) is 25.9 Å². The minimum absolute atomic E-state index is 0. The molecular weight excluding hydrogens is 252 g/mol. The van der Waals surface area contributed by atoms with Gasteiger partial charge in [-0.2, -0.15) is 0 Å². The van der Waals surface area contributed by atoms with Gasteiger partial charge >= 0.3 is 6.09 Å². The maximum atomic E-state index is 11.5. The van der Waals surface area contributed by atoms with E-state index in [-0.39, 0.29) is 18.5 Å². The van der Waals surface area contributed by atoms with Crippen LogP contribution in [0, 0.1) is 0 Å². The molecule has 0 aromatic carbocycles. The third-order valence-electron chi connectivity index (χ3n) is 3.46. The van der Waals surface area contributed by atoms with E-state index in [2.05, 4.69) is 24.1 Å². The van der Waals surface area contributed by atoms with Crippen LogP contribution < -0.4 is 5.32 Å². The van der Waals surface area contributed by atoms with Gasteiger partial charge in [0, 0.05) is 12.6 Å². The quantitative estimate of drug-likeness (QED) is 0.812. The monoisotopic (exact) mass is 278 g/mol. The van der Waals surface area contributed by atoms with Crippen LogP contribution in [0.5, 0.6) is 0 Å². The lowest BCUT2D eigenvalue weighted by Gasteiger charge is -2.23. The summed E-state index contributed by atoms with van der Waals surface area (Å²) in [4.78, 5) is 13.8. The maximum absolute atomic E-state index is 11.5. The molecule has 0 spiro atoms. The summed E-state index contributed by atoms with van der Waals surface area (Å²) in [6, 6.07) is 0.338. The fraction of sp³-hybridized carbons (Fsp3) is 0.923. The van der Waals surface area contributed by atoms with Gasteiger partial charge in [-0.15, -0.1) is 12.4 Å². The van der Waals surface area contributed by atoms with Crippen molar-refractivity contribution in [3.05, 3.63) is 0 Å². The summed E-state index contributed by atoms with van der Waals surface area (Å²) in [5, 5.41) is 2.95. The number of ether oxygens (including phenoxy) is 1. The number of likely N-dealkylation sites (N-methyl/N-ethyl adjacent to an activating group) is 1. The van der Waals surface area contributed by atoms with Crippen molar-refractivity contribution in [3.8, 4) is 0 Å². The van der Waals surface area contributed by atoms with Gasteiger partial charge in [-0.25, -0.2) is 4.79 Å². The Labute approximate surface area is 117 Å². The highest BCUT2D eigenvalue weighted by Gasteiger charge is 2.16. The van der Waals surface area contributed by atoms with Crippen LogP contribution in [0.4, 0.5) is 4.79 Å². The fourth-order valence-electron chi connectivity index (χ4n) is 2.26. The minimum atomic E-state index is -0.246. The number of amides is 1. The summed E-state index contributed by atoms with van der Waals surface area (Å²) >= 11 is 0. The van der Waals surface area contributed by atoms with E-state index in [1.165, 1.54) is 19.3 Å². The number of rotatable bonds is 6. The number of halogens is 1. The van der Waals surface area contributed by atoms with Crippen LogP contribution in [0.15, 0.2) is 0 Å². The van der Waals surface area contributed by atoms with Crippen molar-refractivity contribution in [2.75, 3.05) is 26.2 Å². The lowest BCUT2D eigenvalue weighted by molar-refractivity contribution is 0.124. The fourth-order valence-corrected chi connectivity index (χ4v) is 2.26. The van der Waals surface area contributed by atoms with E-state index in [1.807, 2.05) is 0 Å². The molecule has 0 aliphatic heterocycles. The molecule has 1 N–H and O–H groups in total. The second-order valence-electron chi connectivity index (χ2n) is 4.64. The maximum Gasteiger partial charge on any atom is 0.407 e. The Morgan fingerprint density at radius 2 is 1.83 bits per heavy atom. The Kier molecular flexibility index (Phi) is 10.2. The van der Waals surface area contributed by atoms with Gasteiger partial charge in [0.05, 0.1) is 0 Å². The average molecular weight is 279 g/mol. The molecule has 0 bridgehead atoms. The molecule has 1 amide bonds. The van der Waals surface area contributed by atoms with Crippen LogP contribution in [-0.2, 0) is 4.74 Å². The van der Waals surface area contributed by atoms with Crippen molar-refractivity contribution in [2.45, 2.75) is 52.0 Å². The van der Waals surface area contributed by atoms with E-state index >= 15 is 0 Å². The Morgan fingerprint density at radius 1 is 1.22 bits per heavy atom. The molecule has 0 aromatic heterocycles. The molecule has 0 atom stereocenters. The second-order valence-corrected chi connectivity index (χ2v) is 4.64. The van der Waals surface area contributed by atoms with Crippen molar-refractivity contribution < 1.29 is 9.53 Å². The Hall–Kier alpha value is -0.480. The van der Waals surface area contributed by atoms with Crippen LogP contribution in [0.3, 0.4) is 0 Å². The normalized spacial score (nSPS) is 16.2. The first-order chi connectivity index (χ1) is 8.26. The molecule has 0 saturated heterocycles. The van der Waals surface area contributed by atoms with E-state index < -0.39 is 0 Å². The number of nitrogens with zero attached hydrogens (tertiary/aromatic N) is 1. The van der Waals surface area contributed by atoms with E-state index in [0.717, 1.165) is 32.5 Å². The molecule has 1 aliphatic carbocycles. The molecule has 1 fully saturated rings. The third-order valence-corrected chi connectivity index (χ3v) is 3.46. The van der Waals surface area contributed by atoms with Gasteiger partial charge in [0.1, 0.15) is 6.61 Å². The van der Waals surface area contributed by atoms with Gasteiger partial charge in [0.2, 0.25) is 0 Å². The van der Waals surface area contributed by atoms with Crippen molar-refractivity contribution in [2.24, 2.45) is 0 Å². The summed E-state index contributed by atoms with van der Waals surface area (Å²) in [5.74, 6) is 0. The lowest BCUT2D eigenvalue weighted by atomic mass is 9.96. The number of hydrogen-bond donors (Lipinski definition) is 1. The zero-order valence-electron chi connectivity index (χ0n) is 11.6. The molecule has 108 valence electrons. The standard InChI is InChI=1S/C13H26N2O2.ClH/c1-3-15(4-2)10-11-17-13(16)14-12-8-6-5-7-9-12;/h12H,3-11H2,1-2H3,(H,14,16);1H. The number of carbonyl (C=O) groups is 1. The molecule has 0 heterocycles. The Bertz CT molecular complexity index is 217. The van der Waals surface area contributed by atoms with Crippen LogP contribution in [0.1, 0.15) is 46.0 Å². The van der Waals surface area contributed by atoms with Gasteiger partial charge in [0.15, 0.2) is 0 Å². The molecule has 0 radical (unpaired) electrons. The second kappa shape index (κ2) is 10.4. The Balaban J connectivity index is 0.00000289. The predicted octanol–water partition coefficient (Wildman–Crippen LogP) is 2.81. The summed E-state index contributed by atoms with van der Waals surface area (Å²) in [7, 11) is 0. The van der Waals surface area contributed by atoms with Gasteiger partial charge in [-0.1, -0.05) is 33.1 Å². The van der Waals surface area contributed by atoms with Crippen molar-refractivity contribution in [1.82, 2.24) is 10.2 Å². The SMILES string of the molecule is CCN(CC)CCOC(=O)NC1CCCCC1.Cl. The van der Waals surface area contributed by atoms with Crippen molar-refractivity contribution in [1.29, 1.82) is 0 Å². The smallest absolute Gasteiger partial charge is 0.407 e. The molecule has 5 heteroatoms. The molecule has 1 rings (SSSR count). The van der Waals surface area contributed by atoms with Gasteiger partial charge in [0.25, 0.3) is 0 Å². The van der Waals surface area contributed by atoms with Crippen LogP contribution in [0.2, 0.25) is 0 Å². The minimum Gasteiger partial charge on any atom is -0.448 e. The third kappa shape index (κ3) is 7.07. The highest BCUT2D eigenvalue weighted by molar-refractivity contribution is 5.85. The summed E-state index contributed by atoms with van der Waals surface area (Å²) in [6.07, 6.45) is 5.71. The van der Waals surface area contributed by atoms with Crippen molar-refractivity contribution >= 4 is 18.5 Å². The topological polar surface area (TPSA) is 41.6 Å². The van der Waals surface area contributed by atoms with E-state index in [1.54, 1.807) is 0 Å². The highest BCUT2D eigenvalue weighted by Crippen LogP contribution is 2.17. The number of hydrogen-bond acceptors (Lipinski definition) is 3. The summed E-state index contributed by atoms with van der Waals surface area (Å²) in [5.41, 5.74) is 0. The number of carbonyl (C=O) groups excluding carboxylic acids is 1.